The van der Waals surface area contributed by atoms with Gasteiger partial charge >= 0.3 is 5.97 Å². The monoisotopic (exact) mass is 209 g/mol. The number of hydrogen-bond donors (Lipinski definition) is 1. The highest BCUT2D eigenvalue weighted by Gasteiger charge is 2.08. The van der Waals surface area contributed by atoms with Gasteiger partial charge in [-0.1, -0.05) is 6.07 Å². The molecule has 0 aliphatic rings. The molecule has 0 unspecified atom stereocenters. The number of esters is 1. The molecule has 0 bridgehead atoms. The minimum atomic E-state index is -0.279. The summed E-state index contributed by atoms with van der Waals surface area (Å²) in [7, 11) is 2.93. The van der Waals surface area contributed by atoms with Crippen LogP contribution in [-0.2, 0) is 16.0 Å². The summed E-state index contributed by atoms with van der Waals surface area (Å²) in [5.41, 5.74) is 8.06. The van der Waals surface area contributed by atoms with Crippen molar-refractivity contribution in [2.24, 2.45) is 0 Å². The molecular weight excluding hydrogens is 194 g/mol. The summed E-state index contributed by atoms with van der Waals surface area (Å²) in [5.74, 6) is 0.377. The number of nitrogens with two attached hydrogens (primary N) is 1. The van der Waals surface area contributed by atoms with E-state index in [-0.39, 0.29) is 12.4 Å². The molecule has 15 heavy (non-hydrogen) atoms. The first-order chi connectivity index (χ1) is 7.08. The van der Waals surface area contributed by atoms with Gasteiger partial charge in [-0.2, -0.15) is 0 Å². The maximum atomic E-state index is 11.1. The second-order valence-electron chi connectivity index (χ2n) is 3.29. The number of carbonyl (C=O) groups is 1. The van der Waals surface area contributed by atoms with Crippen LogP contribution in [0.4, 0.5) is 5.69 Å². The first kappa shape index (κ1) is 11.4. The number of ether oxygens (including phenoxy) is 2. The highest BCUT2D eigenvalue weighted by Crippen LogP contribution is 2.27. The van der Waals surface area contributed by atoms with Crippen molar-refractivity contribution < 1.29 is 14.3 Å². The average Bonchev–Trinajstić information content (AvgIpc) is 2.17. The third kappa shape index (κ3) is 2.62. The predicted molar refractivity (Wildman–Crippen MR) is 57.9 cm³/mol. The van der Waals surface area contributed by atoms with Crippen LogP contribution < -0.4 is 10.5 Å². The maximum absolute atomic E-state index is 11.1. The van der Waals surface area contributed by atoms with Gasteiger partial charge in [0.15, 0.2) is 0 Å². The van der Waals surface area contributed by atoms with Crippen LogP contribution in [0, 0.1) is 6.92 Å². The fourth-order valence-electron chi connectivity index (χ4n) is 1.50. The molecular formula is C11H15NO3. The quantitative estimate of drug-likeness (QED) is 0.602. The van der Waals surface area contributed by atoms with E-state index in [0.717, 1.165) is 11.1 Å². The molecule has 0 saturated heterocycles. The Balaban J connectivity index is 2.98. The third-order valence-electron chi connectivity index (χ3n) is 2.14. The van der Waals surface area contributed by atoms with Crippen LogP contribution in [0.15, 0.2) is 12.1 Å². The van der Waals surface area contributed by atoms with E-state index in [1.165, 1.54) is 7.11 Å². The van der Waals surface area contributed by atoms with Crippen molar-refractivity contribution in [1.82, 2.24) is 0 Å². The Morgan fingerprint density at radius 1 is 1.40 bits per heavy atom. The Bertz CT molecular complexity index is 351. The molecule has 0 spiro atoms. The number of rotatable bonds is 3. The van der Waals surface area contributed by atoms with Crippen LogP contribution >= 0.6 is 0 Å². The maximum Gasteiger partial charge on any atom is 0.309 e. The van der Waals surface area contributed by atoms with E-state index in [4.69, 9.17) is 10.5 Å². The SMILES string of the molecule is COC(=O)Cc1cc(C)c(OC)c(N)c1. The summed E-state index contributed by atoms with van der Waals surface area (Å²) in [4.78, 5) is 11.1. The second kappa shape index (κ2) is 4.68. The molecule has 0 amide bonds. The van der Waals surface area contributed by atoms with Crippen LogP contribution in [0.25, 0.3) is 0 Å². The van der Waals surface area contributed by atoms with E-state index in [9.17, 15) is 4.79 Å². The minimum absolute atomic E-state index is 0.228. The zero-order chi connectivity index (χ0) is 11.4. The molecule has 0 aliphatic heterocycles. The van der Waals surface area contributed by atoms with Crippen LogP contribution in [-0.4, -0.2) is 20.2 Å². The molecule has 0 aromatic heterocycles. The molecule has 0 aliphatic carbocycles. The third-order valence-corrected chi connectivity index (χ3v) is 2.14. The van der Waals surface area contributed by atoms with Gasteiger partial charge in [0.25, 0.3) is 0 Å². The van der Waals surface area contributed by atoms with Gasteiger partial charge in [0, 0.05) is 0 Å². The summed E-state index contributed by atoms with van der Waals surface area (Å²) < 4.78 is 9.70. The standard InChI is InChI=1S/C11H15NO3/c1-7-4-8(6-10(13)14-2)5-9(12)11(7)15-3/h4-5H,6,12H2,1-3H3. The van der Waals surface area contributed by atoms with Gasteiger partial charge in [-0.3, -0.25) is 4.79 Å². The molecule has 82 valence electrons. The molecule has 1 aromatic rings. The lowest BCUT2D eigenvalue weighted by molar-refractivity contribution is -0.139. The Hall–Kier alpha value is -1.71. The van der Waals surface area contributed by atoms with Gasteiger partial charge in [-0.15, -0.1) is 0 Å². The van der Waals surface area contributed by atoms with Gasteiger partial charge in [0.1, 0.15) is 5.75 Å². The van der Waals surface area contributed by atoms with E-state index in [0.29, 0.717) is 11.4 Å². The first-order valence-electron chi connectivity index (χ1n) is 4.58. The van der Waals surface area contributed by atoms with E-state index in [1.54, 1.807) is 13.2 Å². The fraction of sp³-hybridized carbons (Fsp3) is 0.364. The second-order valence-corrected chi connectivity index (χ2v) is 3.29. The number of anilines is 1. The number of aryl methyl sites for hydroxylation is 1. The summed E-state index contributed by atoms with van der Waals surface area (Å²) in [6.07, 6.45) is 0.228. The lowest BCUT2D eigenvalue weighted by atomic mass is 10.1. The average molecular weight is 209 g/mol. The first-order valence-corrected chi connectivity index (χ1v) is 4.58. The van der Waals surface area contributed by atoms with Crippen molar-refractivity contribution in [3.05, 3.63) is 23.3 Å². The Kier molecular flexibility index (Phi) is 3.55. The highest BCUT2D eigenvalue weighted by molar-refractivity contribution is 5.73. The van der Waals surface area contributed by atoms with Gasteiger partial charge in [-0.05, 0) is 24.1 Å². The van der Waals surface area contributed by atoms with Crippen LogP contribution in [0.1, 0.15) is 11.1 Å². The summed E-state index contributed by atoms with van der Waals surface area (Å²) >= 11 is 0. The van der Waals surface area contributed by atoms with E-state index in [2.05, 4.69) is 4.74 Å². The molecule has 0 heterocycles. The molecule has 0 saturated carbocycles. The molecule has 0 fully saturated rings. The van der Waals surface area contributed by atoms with Crippen molar-refractivity contribution in [2.75, 3.05) is 20.0 Å². The Morgan fingerprint density at radius 3 is 2.53 bits per heavy atom. The Labute approximate surface area is 89.0 Å². The number of nitrogen functional groups attached to an aromatic ring is 1. The number of hydrogen-bond acceptors (Lipinski definition) is 4. The molecule has 0 radical (unpaired) electrons. The molecule has 2 N–H and O–H groups in total. The summed E-state index contributed by atoms with van der Waals surface area (Å²) in [6.45, 7) is 1.88. The van der Waals surface area contributed by atoms with Gasteiger partial charge < -0.3 is 15.2 Å². The van der Waals surface area contributed by atoms with Crippen molar-refractivity contribution in [1.29, 1.82) is 0 Å². The molecule has 1 aromatic carbocycles. The fourth-order valence-corrected chi connectivity index (χ4v) is 1.50. The van der Waals surface area contributed by atoms with Crippen LogP contribution in [0.2, 0.25) is 0 Å². The normalized spacial score (nSPS) is 9.80. The summed E-state index contributed by atoms with van der Waals surface area (Å²) in [6, 6.07) is 3.59. The topological polar surface area (TPSA) is 61.5 Å². The zero-order valence-corrected chi connectivity index (χ0v) is 9.16. The predicted octanol–water partition coefficient (Wildman–Crippen LogP) is 1.30. The van der Waals surface area contributed by atoms with Crippen LogP contribution in [0.5, 0.6) is 5.75 Å². The number of benzene rings is 1. The van der Waals surface area contributed by atoms with Crippen molar-refractivity contribution in [3.8, 4) is 5.75 Å². The number of carbonyl (C=O) groups excluding carboxylic acids is 1. The van der Waals surface area contributed by atoms with Gasteiger partial charge in [-0.25, -0.2) is 0 Å². The van der Waals surface area contributed by atoms with Gasteiger partial charge in [0.05, 0.1) is 26.3 Å². The number of methoxy groups -OCH3 is 2. The van der Waals surface area contributed by atoms with Gasteiger partial charge in [0.2, 0.25) is 0 Å². The highest BCUT2D eigenvalue weighted by atomic mass is 16.5. The largest absolute Gasteiger partial charge is 0.494 e. The van der Waals surface area contributed by atoms with E-state index >= 15 is 0 Å². The Morgan fingerprint density at radius 2 is 2.07 bits per heavy atom. The summed E-state index contributed by atoms with van der Waals surface area (Å²) in [5, 5.41) is 0. The minimum Gasteiger partial charge on any atom is -0.494 e. The van der Waals surface area contributed by atoms with Crippen molar-refractivity contribution >= 4 is 11.7 Å². The zero-order valence-electron chi connectivity index (χ0n) is 9.16. The molecule has 1 rings (SSSR count). The van der Waals surface area contributed by atoms with E-state index in [1.807, 2.05) is 13.0 Å². The van der Waals surface area contributed by atoms with Crippen molar-refractivity contribution in [3.63, 3.8) is 0 Å². The molecule has 4 heteroatoms. The van der Waals surface area contributed by atoms with Crippen LogP contribution in [0.3, 0.4) is 0 Å². The lowest BCUT2D eigenvalue weighted by Gasteiger charge is -2.10. The molecule has 4 nitrogen and oxygen atoms in total. The lowest BCUT2D eigenvalue weighted by Crippen LogP contribution is -2.06. The smallest absolute Gasteiger partial charge is 0.309 e. The van der Waals surface area contributed by atoms with Crippen molar-refractivity contribution in [2.45, 2.75) is 13.3 Å². The van der Waals surface area contributed by atoms with E-state index < -0.39 is 0 Å². The molecule has 0 atom stereocenters.